The molecule has 9 heteroatoms. The predicted molar refractivity (Wildman–Crippen MR) is 89.3 cm³/mol. The van der Waals surface area contributed by atoms with Crippen molar-refractivity contribution >= 4 is 17.5 Å². The van der Waals surface area contributed by atoms with Crippen molar-refractivity contribution in [3.8, 4) is 5.82 Å². The molecule has 1 aliphatic heterocycles. The van der Waals surface area contributed by atoms with E-state index in [1.807, 2.05) is 7.05 Å². The van der Waals surface area contributed by atoms with Crippen LogP contribution in [0.4, 0.5) is 8.78 Å². The van der Waals surface area contributed by atoms with Gasteiger partial charge in [-0.1, -0.05) is 11.6 Å². The lowest BCUT2D eigenvalue weighted by Gasteiger charge is -2.32. The maximum atomic E-state index is 13.7. The molecule has 1 aliphatic rings. The number of nitrogens with one attached hydrogen (secondary N) is 1. The highest BCUT2D eigenvalue weighted by molar-refractivity contribution is 6.32. The van der Waals surface area contributed by atoms with Gasteiger partial charge >= 0.3 is 0 Å². The first-order chi connectivity index (χ1) is 12.0. The molecule has 1 saturated heterocycles. The summed E-state index contributed by atoms with van der Waals surface area (Å²) in [6.07, 6.45) is 1.48. The number of halogens is 3. The molecular formula is C16H18ClF2N5O. The summed E-state index contributed by atoms with van der Waals surface area (Å²) in [5, 5.41) is 7.26. The number of pyridine rings is 1. The van der Waals surface area contributed by atoms with Crippen LogP contribution in [0.15, 0.2) is 24.5 Å². The largest absolute Gasteiger partial charge is 0.337 e. The maximum absolute atomic E-state index is 13.7. The zero-order valence-corrected chi connectivity index (χ0v) is 14.4. The van der Waals surface area contributed by atoms with Crippen molar-refractivity contribution in [2.75, 3.05) is 20.1 Å². The number of aromatic nitrogens is 3. The monoisotopic (exact) mass is 369 g/mol. The van der Waals surface area contributed by atoms with Crippen LogP contribution in [0.25, 0.3) is 5.82 Å². The van der Waals surface area contributed by atoms with Crippen molar-refractivity contribution in [3.63, 3.8) is 0 Å². The van der Waals surface area contributed by atoms with Crippen LogP contribution < -0.4 is 5.32 Å². The minimum absolute atomic E-state index is 0.0743. The molecule has 1 fully saturated rings. The fourth-order valence-corrected chi connectivity index (χ4v) is 3.20. The molecule has 1 N–H and O–H groups in total. The van der Waals surface area contributed by atoms with Crippen molar-refractivity contribution in [1.82, 2.24) is 25.0 Å². The number of likely N-dealkylation sites (tertiary alicyclic amines) is 1. The Hall–Kier alpha value is -2.06. The summed E-state index contributed by atoms with van der Waals surface area (Å²) in [5.74, 6) is -0.376. The lowest BCUT2D eigenvalue weighted by Crippen LogP contribution is -2.47. The highest BCUT2D eigenvalue weighted by Crippen LogP contribution is 2.29. The Bertz CT molecular complexity index is 767. The second kappa shape index (κ2) is 7.45. The van der Waals surface area contributed by atoms with Gasteiger partial charge in [-0.25, -0.2) is 18.4 Å². The van der Waals surface area contributed by atoms with Gasteiger partial charge in [0.15, 0.2) is 5.82 Å². The Labute approximate surface area is 148 Å². The Morgan fingerprint density at radius 3 is 2.96 bits per heavy atom. The fraction of sp³-hybridized carbons (Fsp3) is 0.438. The second-order valence-corrected chi connectivity index (χ2v) is 6.25. The molecule has 0 bridgehead atoms. The Kier molecular flexibility index (Phi) is 5.29. The molecule has 0 aliphatic carbocycles. The molecule has 0 aromatic carbocycles. The van der Waals surface area contributed by atoms with E-state index in [1.54, 1.807) is 11.0 Å². The topological polar surface area (TPSA) is 63.1 Å². The third kappa shape index (κ3) is 3.50. The number of alkyl halides is 2. The number of carbonyl (C=O) groups excluding carboxylic acids is 1. The van der Waals surface area contributed by atoms with E-state index in [0.29, 0.717) is 13.1 Å². The van der Waals surface area contributed by atoms with E-state index in [9.17, 15) is 13.6 Å². The van der Waals surface area contributed by atoms with E-state index >= 15 is 0 Å². The van der Waals surface area contributed by atoms with Crippen LogP contribution in [0.3, 0.4) is 0 Å². The van der Waals surface area contributed by atoms with Crippen molar-refractivity contribution < 1.29 is 13.6 Å². The first-order valence-electron chi connectivity index (χ1n) is 7.96. The minimum atomic E-state index is -2.88. The lowest BCUT2D eigenvalue weighted by atomic mass is 10.0. The summed E-state index contributed by atoms with van der Waals surface area (Å²) in [6.45, 7) is 1.02. The molecule has 25 heavy (non-hydrogen) atoms. The molecule has 1 amide bonds. The van der Waals surface area contributed by atoms with Crippen LogP contribution in [0.5, 0.6) is 0 Å². The number of carbonyl (C=O) groups is 1. The Morgan fingerprint density at radius 1 is 1.48 bits per heavy atom. The van der Waals surface area contributed by atoms with Crippen molar-refractivity contribution in [2.24, 2.45) is 0 Å². The van der Waals surface area contributed by atoms with E-state index < -0.39 is 18.0 Å². The van der Waals surface area contributed by atoms with Gasteiger partial charge in [-0.2, -0.15) is 5.10 Å². The normalized spacial score (nSPS) is 18.0. The van der Waals surface area contributed by atoms with E-state index in [1.165, 1.54) is 12.3 Å². The minimum Gasteiger partial charge on any atom is -0.337 e. The molecular weight excluding hydrogens is 352 g/mol. The van der Waals surface area contributed by atoms with Crippen molar-refractivity contribution in [3.05, 3.63) is 40.8 Å². The molecule has 0 spiro atoms. The summed E-state index contributed by atoms with van der Waals surface area (Å²) >= 11 is 6.04. The number of amides is 1. The average Bonchev–Trinajstić information content (AvgIpc) is 3.06. The van der Waals surface area contributed by atoms with Gasteiger partial charge in [-0.05, 0) is 32.0 Å². The summed E-state index contributed by atoms with van der Waals surface area (Å²) < 4.78 is 28.3. The SMILES string of the molecule is CNC1CCCN(C(=O)c2cnn(-c3ncccc3Cl)c2C(F)F)C1. The van der Waals surface area contributed by atoms with Crippen molar-refractivity contribution in [2.45, 2.75) is 25.3 Å². The quantitative estimate of drug-likeness (QED) is 0.900. The third-order valence-electron chi connectivity index (χ3n) is 4.30. The molecule has 2 aromatic rings. The number of hydrogen-bond donors (Lipinski definition) is 1. The second-order valence-electron chi connectivity index (χ2n) is 5.84. The summed E-state index contributed by atoms with van der Waals surface area (Å²) in [4.78, 5) is 18.4. The zero-order valence-electron chi connectivity index (χ0n) is 13.6. The molecule has 0 radical (unpaired) electrons. The molecule has 0 saturated carbocycles. The molecule has 3 rings (SSSR count). The number of rotatable bonds is 4. The molecule has 1 unspecified atom stereocenters. The van der Waals surface area contributed by atoms with Crippen LogP contribution in [0.2, 0.25) is 5.02 Å². The van der Waals surface area contributed by atoms with Gasteiger partial charge in [0.2, 0.25) is 0 Å². The zero-order chi connectivity index (χ0) is 18.0. The average molecular weight is 370 g/mol. The van der Waals surface area contributed by atoms with E-state index in [0.717, 1.165) is 23.7 Å². The molecule has 2 aromatic heterocycles. The van der Waals surface area contributed by atoms with Crippen LogP contribution >= 0.6 is 11.6 Å². The number of hydrogen-bond acceptors (Lipinski definition) is 4. The first-order valence-corrected chi connectivity index (χ1v) is 8.34. The molecule has 6 nitrogen and oxygen atoms in total. The van der Waals surface area contributed by atoms with Gasteiger partial charge in [0.1, 0.15) is 5.69 Å². The van der Waals surface area contributed by atoms with E-state index in [2.05, 4.69) is 15.4 Å². The summed E-state index contributed by atoms with van der Waals surface area (Å²) in [5.41, 5.74) is -0.606. The lowest BCUT2D eigenvalue weighted by molar-refractivity contribution is 0.0685. The summed E-state index contributed by atoms with van der Waals surface area (Å²) in [7, 11) is 1.82. The number of likely N-dealkylation sites (N-methyl/N-ethyl adjacent to an activating group) is 1. The van der Waals surface area contributed by atoms with Crippen LogP contribution in [-0.4, -0.2) is 51.8 Å². The Balaban J connectivity index is 1.97. The predicted octanol–water partition coefficient (Wildman–Crippen LogP) is 2.68. The van der Waals surface area contributed by atoms with Crippen molar-refractivity contribution in [1.29, 1.82) is 0 Å². The molecule has 3 heterocycles. The van der Waals surface area contributed by atoms with Gasteiger partial charge in [0, 0.05) is 25.3 Å². The van der Waals surface area contributed by atoms with E-state index in [4.69, 9.17) is 11.6 Å². The summed E-state index contributed by atoms with van der Waals surface area (Å²) in [6, 6.07) is 3.28. The maximum Gasteiger partial charge on any atom is 0.281 e. The van der Waals surface area contributed by atoms with Crippen LogP contribution in [0, 0.1) is 0 Å². The number of nitrogens with zero attached hydrogens (tertiary/aromatic N) is 4. The van der Waals surface area contributed by atoms with Gasteiger partial charge in [0.05, 0.1) is 16.8 Å². The first kappa shape index (κ1) is 17.8. The highest BCUT2D eigenvalue weighted by Gasteiger charge is 2.31. The molecule has 1 atom stereocenters. The highest BCUT2D eigenvalue weighted by atomic mass is 35.5. The standard InChI is InChI=1S/C16H18ClF2N5O/c1-20-10-4-3-7-23(9-10)16(25)11-8-22-24(13(11)14(18)19)15-12(17)5-2-6-21-15/h2,5-6,8,10,14,20H,3-4,7,9H2,1H3. The Morgan fingerprint density at radius 2 is 2.28 bits per heavy atom. The van der Waals surface area contributed by atoms with E-state index in [-0.39, 0.29) is 22.4 Å². The van der Waals surface area contributed by atoms with Gasteiger partial charge in [0.25, 0.3) is 12.3 Å². The molecule has 134 valence electrons. The van der Waals surface area contributed by atoms with Gasteiger partial charge < -0.3 is 10.2 Å². The van der Waals surface area contributed by atoms with Gasteiger partial charge in [-0.15, -0.1) is 0 Å². The third-order valence-corrected chi connectivity index (χ3v) is 4.60. The van der Waals surface area contributed by atoms with Crippen LogP contribution in [-0.2, 0) is 0 Å². The van der Waals surface area contributed by atoms with Gasteiger partial charge in [-0.3, -0.25) is 4.79 Å². The number of piperidine rings is 1. The fourth-order valence-electron chi connectivity index (χ4n) is 3.00. The smallest absolute Gasteiger partial charge is 0.281 e. The van der Waals surface area contributed by atoms with Crippen LogP contribution in [0.1, 0.15) is 35.3 Å².